The first-order valence-electron chi connectivity index (χ1n) is 5.45. The molecule has 2 rings (SSSR count). The molecule has 14 heavy (non-hydrogen) atoms. The Hall–Kier alpha value is -0.610. The highest BCUT2D eigenvalue weighted by molar-refractivity contribution is 5.79. The predicted molar refractivity (Wildman–Crippen MR) is 52.8 cm³/mol. The van der Waals surface area contributed by atoms with Gasteiger partial charge < -0.3 is 15.3 Å². The van der Waals surface area contributed by atoms with E-state index in [2.05, 4.69) is 5.32 Å². The van der Waals surface area contributed by atoms with Crippen LogP contribution in [-0.2, 0) is 4.79 Å². The number of amides is 1. The van der Waals surface area contributed by atoms with Crippen molar-refractivity contribution in [3.05, 3.63) is 0 Å². The van der Waals surface area contributed by atoms with E-state index in [4.69, 9.17) is 5.11 Å². The molecule has 0 aromatic carbocycles. The summed E-state index contributed by atoms with van der Waals surface area (Å²) >= 11 is 0. The van der Waals surface area contributed by atoms with Gasteiger partial charge in [-0.05, 0) is 25.7 Å². The molecular formula is C10H18N2O2. The third-order valence-corrected chi connectivity index (χ3v) is 2.77. The number of carbonyl (C=O) groups is 1. The Bertz CT molecular complexity index is 212. The first-order valence-corrected chi connectivity index (χ1v) is 5.45. The van der Waals surface area contributed by atoms with Gasteiger partial charge in [0, 0.05) is 18.6 Å². The zero-order valence-electron chi connectivity index (χ0n) is 8.41. The molecule has 0 heterocycles. The minimum absolute atomic E-state index is 0.0751. The molecule has 0 saturated heterocycles. The number of nitrogens with one attached hydrogen (secondary N) is 1. The van der Waals surface area contributed by atoms with Crippen LogP contribution in [0.25, 0.3) is 0 Å². The number of aliphatic hydroxyl groups excluding tert-OH is 1. The lowest BCUT2D eigenvalue weighted by Crippen LogP contribution is -2.41. The molecule has 0 aliphatic heterocycles. The van der Waals surface area contributed by atoms with Gasteiger partial charge in [-0.2, -0.15) is 0 Å². The first-order chi connectivity index (χ1) is 6.81. The van der Waals surface area contributed by atoms with E-state index in [9.17, 15) is 4.79 Å². The molecule has 0 radical (unpaired) electrons. The highest BCUT2D eigenvalue weighted by Gasteiger charge is 2.32. The monoisotopic (exact) mass is 198 g/mol. The molecule has 2 fully saturated rings. The molecule has 0 aromatic rings. The van der Waals surface area contributed by atoms with Crippen molar-refractivity contribution in [3.63, 3.8) is 0 Å². The number of nitrogens with zero attached hydrogens (tertiary/aromatic N) is 1. The number of carbonyl (C=O) groups excluding carboxylic acids is 1. The standard InChI is InChI=1S/C10H18N2O2/c13-6-5-12(9-3-4-9)10(14)7-11-8-1-2-8/h8-9,11,13H,1-7H2. The average molecular weight is 198 g/mol. The van der Waals surface area contributed by atoms with Gasteiger partial charge in [0.05, 0.1) is 13.2 Å². The number of hydrogen-bond acceptors (Lipinski definition) is 3. The maximum absolute atomic E-state index is 11.7. The maximum atomic E-state index is 11.7. The van der Waals surface area contributed by atoms with Gasteiger partial charge in [-0.1, -0.05) is 0 Å². The van der Waals surface area contributed by atoms with E-state index in [0.717, 1.165) is 12.8 Å². The summed E-state index contributed by atoms with van der Waals surface area (Å²) in [6.45, 7) is 1.02. The van der Waals surface area contributed by atoms with Gasteiger partial charge in [-0.15, -0.1) is 0 Å². The largest absolute Gasteiger partial charge is 0.395 e. The van der Waals surface area contributed by atoms with Crippen molar-refractivity contribution in [2.45, 2.75) is 37.8 Å². The fraction of sp³-hybridized carbons (Fsp3) is 0.900. The summed E-state index contributed by atoms with van der Waals surface area (Å²) in [5.41, 5.74) is 0. The normalized spacial score (nSPS) is 20.9. The van der Waals surface area contributed by atoms with Crippen LogP contribution in [0.2, 0.25) is 0 Å². The molecular weight excluding hydrogens is 180 g/mol. The lowest BCUT2D eigenvalue weighted by Gasteiger charge is -2.21. The molecule has 0 atom stereocenters. The van der Waals surface area contributed by atoms with Crippen molar-refractivity contribution in [2.24, 2.45) is 0 Å². The Labute approximate surface area is 84.3 Å². The van der Waals surface area contributed by atoms with E-state index in [1.54, 1.807) is 0 Å². The third kappa shape index (κ3) is 2.69. The van der Waals surface area contributed by atoms with Crippen LogP contribution in [0.5, 0.6) is 0 Å². The molecule has 0 bridgehead atoms. The third-order valence-electron chi connectivity index (χ3n) is 2.77. The van der Waals surface area contributed by atoms with E-state index in [1.165, 1.54) is 12.8 Å². The maximum Gasteiger partial charge on any atom is 0.236 e. The SMILES string of the molecule is O=C(CNC1CC1)N(CCO)C1CC1. The molecule has 1 amide bonds. The van der Waals surface area contributed by atoms with Crippen molar-refractivity contribution in [1.82, 2.24) is 10.2 Å². The number of rotatable bonds is 6. The van der Waals surface area contributed by atoms with Crippen LogP contribution in [0, 0.1) is 0 Å². The van der Waals surface area contributed by atoms with E-state index in [-0.39, 0.29) is 12.5 Å². The summed E-state index contributed by atoms with van der Waals surface area (Å²) in [5, 5.41) is 12.0. The van der Waals surface area contributed by atoms with Crippen LogP contribution in [0.1, 0.15) is 25.7 Å². The summed E-state index contributed by atoms with van der Waals surface area (Å²) in [7, 11) is 0. The molecule has 4 nitrogen and oxygen atoms in total. The van der Waals surface area contributed by atoms with Crippen LogP contribution >= 0.6 is 0 Å². The second-order valence-corrected chi connectivity index (χ2v) is 4.20. The van der Waals surface area contributed by atoms with Crippen molar-refractivity contribution in [3.8, 4) is 0 Å². The summed E-state index contributed by atoms with van der Waals surface area (Å²) < 4.78 is 0. The number of hydrogen-bond donors (Lipinski definition) is 2. The molecule has 0 spiro atoms. The smallest absolute Gasteiger partial charge is 0.236 e. The summed E-state index contributed by atoms with van der Waals surface area (Å²) in [6, 6.07) is 0.991. The zero-order valence-corrected chi connectivity index (χ0v) is 8.41. The van der Waals surface area contributed by atoms with Gasteiger partial charge in [-0.3, -0.25) is 4.79 Å². The Morgan fingerprint density at radius 3 is 2.57 bits per heavy atom. The fourth-order valence-corrected chi connectivity index (χ4v) is 1.63. The van der Waals surface area contributed by atoms with Crippen LogP contribution in [-0.4, -0.2) is 47.7 Å². The minimum atomic E-state index is 0.0751. The van der Waals surface area contributed by atoms with Crippen LogP contribution in [0.3, 0.4) is 0 Å². The molecule has 2 N–H and O–H groups in total. The first kappa shape index (κ1) is 9.93. The van der Waals surface area contributed by atoms with Crippen LogP contribution in [0.4, 0.5) is 0 Å². The van der Waals surface area contributed by atoms with E-state index < -0.39 is 0 Å². The minimum Gasteiger partial charge on any atom is -0.395 e. The van der Waals surface area contributed by atoms with Crippen molar-refractivity contribution >= 4 is 5.91 Å². The molecule has 2 aliphatic carbocycles. The highest BCUT2D eigenvalue weighted by Crippen LogP contribution is 2.26. The second-order valence-electron chi connectivity index (χ2n) is 4.20. The Morgan fingerprint density at radius 2 is 2.07 bits per heavy atom. The van der Waals surface area contributed by atoms with Crippen molar-refractivity contribution in [1.29, 1.82) is 0 Å². The Balaban J connectivity index is 1.73. The zero-order chi connectivity index (χ0) is 9.97. The van der Waals surface area contributed by atoms with Gasteiger partial charge in [0.25, 0.3) is 0 Å². The summed E-state index contributed by atoms with van der Waals surface area (Å²) in [4.78, 5) is 13.5. The average Bonchev–Trinajstić information content (AvgIpc) is 3.03. The molecule has 0 unspecified atom stereocenters. The molecule has 0 aromatic heterocycles. The molecule has 2 saturated carbocycles. The number of aliphatic hydroxyl groups is 1. The Morgan fingerprint density at radius 1 is 1.36 bits per heavy atom. The van der Waals surface area contributed by atoms with Crippen LogP contribution in [0.15, 0.2) is 0 Å². The molecule has 80 valence electrons. The van der Waals surface area contributed by atoms with E-state index in [1.807, 2.05) is 4.90 Å². The van der Waals surface area contributed by atoms with E-state index >= 15 is 0 Å². The second kappa shape index (κ2) is 4.28. The van der Waals surface area contributed by atoms with Gasteiger partial charge in [0.1, 0.15) is 0 Å². The topological polar surface area (TPSA) is 52.6 Å². The predicted octanol–water partition coefficient (Wildman–Crippen LogP) is -0.278. The highest BCUT2D eigenvalue weighted by atomic mass is 16.3. The lowest BCUT2D eigenvalue weighted by atomic mass is 10.4. The quantitative estimate of drug-likeness (QED) is 0.617. The van der Waals surface area contributed by atoms with Gasteiger partial charge in [0.15, 0.2) is 0 Å². The Kier molecular flexibility index (Phi) is 3.03. The van der Waals surface area contributed by atoms with Gasteiger partial charge in [-0.25, -0.2) is 0 Å². The molecule has 2 aliphatic rings. The van der Waals surface area contributed by atoms with Gasteiger partial charge >= 0.3 is 0 Å². The fourth-order valence-electron chi connectivity index (χ4n) is 1.63. The lowest BCUT2D eigenvalue weighted by molar-refractivity contribution is -0.131. The molecule has 4 heteroatoms. The van der Waals surface area contributed by atoms with Crippen molar-refractivity contribution in [2.75, 3.05) is 19.7 Å². The summed E-state index contributed by atoms with van der Waals surface area (Å²) in [5.74, 6) is 0.147. The van der Waals surface area contributed by atoms with Gasteiger partial charge in [0.2, 0.25) is 5.91 Å². The van der Waals surface area contributed by atoms with E-state index in [0.29, 0.717) is 25.2 Å². The summed E-state index contributed by atoms with van der Waals surface area (Å²) in [6.07, 6.45) is 4.62. The van der Waals surface area contributed by atoms with Crippen molar-refractivity contribution < 1.29 is 9.90 Å². The van der Waals surface area contributed by atoms with Crippen LogP contribution < -0.4 is 5.32 Å².